The number of alkyl halides is 1. The molecular formula is C14H11BrO4. The number of hydrogen-bond donors (Lipinski definition) is 0. The highest BCUT2D eigenvalue weighted by Crippen LogP contribution is 2.18. The lowest BCUT2D eigenvalue weighted by molar-refractivity contribution is 0.0890. The molecular weight excluding hydrogens is 312 g/mol. The van der Waals surface area contributed by atoms with Crippen LogP contribution in [0.15, 0.2) is 47.1 Å². The lowest BCUT2D eigenvalue weighted by Gasteiger charge is -2.07. The Kier molecular flexibility index (Phi) is 4.16. The van der Waals surface area contributed by atoms with E-state index in [4.69, 9.17) is 9.15 Å². The Balaban J connectivity index is 2.16. The highest BCUT2D eigenvalue weighted by atomic mass is 79.9. The van der Waals surface area contributed by atoms with Gasteiger partial charge >= 0.3 is 0 Å². The summed E-state index contributed by atoms with van der Waals surface area (Å²) in [5, 5.41) is 0. The molecule has 1 aromatic carbocycles. The fourth-order valence-corrected chi connectivity index (χ4v) is 2.05. The van der Waals surface area contributed by atoms with Gasteiger partial charge in [-0.2, -0.15) is 0 Å². The van der Waals surface area contributed by atoms with Crippen LogP contribution in [0.4, 0.5) is 0 Å². The van der Waals surface area contributed by atoms with Crippen LogP contribution in [0.25, 0.3) is 0 Å². The number of benzene rings is 1. The van der Waals surface area contributed by atoms with Crippen LogP contribution >= 0.6 is 15.9 Å². The number of carbonyl (C=O) groups excluding carboxylic acids is 2. The van der Waals surface area contributed by atoms with Crippen LogP contribution in [0.2, 0.25) is 0 Å². The van der Waals surface area contributed by atoms with Crippen LogP contribution in [0.3, 0.4) is 0 Å². The molecule has 0 N–H and O–H groups in total. The minimum atomic E-state index is -0.952. The molecule has 1 unspecified atom stereocenters. The third kappa shape index (κ3) is 2.93. The summed E-state index contributed by atoms with van der Waals surface area (Å²) >= 11 is 3.11. The van der Waals surface area contributed by atoms with Crippen molar-refractivity contribution in [3.63, 3.8) is 0 Å². The number of halogens is 1. The number of hydrogen-bond acceptors (Lipinski definition) is 4. The maximum atomic E-state index is 12.1. The van der Waals surface area contributed by atoms with Gasteiger partial charge in [0.25, 0.3) is 0 Å². The number of methoxy groups -OCH3 is 1. The number of furan rings is 1. The third-order valence-corrected chi connectivity index (χ3v) is 3.43. The highest BCUT2D eigenvalue weighted by molar-refractivity contribution is 9.10. The molecule has 0 saturated carbocycles. The fraction of sp³-hybridized carbons (Fsp3) is 0.143. The normalized spacial score (nSPS) is 11.9. The van der Waals surface area contributed by atoms with Crippen LogP contribution in [-0.2, 0) is 0 Å². The number of rotatable bonds is 5. The molecule has 98 valence electrons. The van der Waals surface area contributed by atoms with E-state index in [0.29, 0.717) is 11.3 Å². The van der Waals surface area contributed by atoms with E-state index in [9.17, 15) is 9.59 Å². The van der Waals surface area contributed by atoms with E-state index >= 15 is 0 Å². The van der Waals surface area contributed by atoms with E-state index in [1.54, 1.807) is 37.4 Å². The Morgan fingerprint density at radius 3 is 2.37 bits per heavy atom. The van der Waals surface area contributed by atoms with Crippen molar-refractivity contribution < 1.29 is 18.7 Å². The lowest BCUT2D eigenvalue weighted by Crippen LogP contribution is -2.24. The van der Waals surface area contributed by atoms with Gasteiger partial charge in [0.1, 0.15) is 10.6 Å². The summed E-state index contributed by atoms with van der Waals surface area (Å²) in [7, 11) is 1.55. The Labute approximate surface area is 118 Å². The first-order valence-corrected chi connectivity index (χ1v) is 6.45. The standard InChI is InChI=1S/C14H11BrO4/c1-18-10-6-4-9(5-7-10)13(16)12(15)14(17)11-3-2-8-19-11/h2-8,12H,1H3. The van der Waals surface area contributed by atoms with Gasteiger partial charge in [0.15, 0.2) is 11.5 Å². The molecule has 4 nitrogen and oxygen atoms in total. The average molecular weight is 323 g/mol. The largest absolute Gasteiger partial charge is 0.497 e. The molecule has 2 aromatic rings. The highest BCUT2D eigenvalue weighted by Gasteiger charge is 2.27. The van der Waals surface area contributed by atoms with Crippen molar-refractivity contribution in [1.29, 1.82) is 0 Å². The molecule has 1 heterocycles. The van der Waals surface area contributed by atoms with Crippen molar-refractivity contribution in [2.24, 2.45) is 0 Å². The monoisotopic (exact) mass is 322 g/mol. The van der Waals surface area contributed by atoms with Crippen molar-refractivity contribution in [1.82, 2.24) is 0 Å². The summed E-state index contributed by atoms with van der Waals surface area (Å²) < 4.78 is 10.00. The van der Waals surface area contributed by atoms with Gasteiger partial charge in [-0.05, 0) is 36.4 Å². The van der Waals surface area contributed by atoms with Crippen LogP contribution in [-0.4, -0.2) is 23.5 Å². The third-order valence-electron chi connectivity index (χ3n) is 2.60. The van der Waals surface area contributed by atoms with E-state index in [0.717, 1.165) is 0 Å². The number of Topliss-reactive ketones (excluding diaryl/α,β-unsaturated/α-hetero) is 2. The Morgan fingerprint density at radius 2 is 1.84 bits per heavy atom. The maximum Gasteiger partial charge on any atom is 0.219 e. The van der Waals surface area contributed by atoms with Gasteiger partial charge in [-0.1, -0.05) is 15.9 Å². The Bertz CT molecular complexity index is 572. The second-order valence-corrected chi connectivity index (χ2v) is 4.71. The van der Waals surface area contributed by atoms with Crippen molar-refractivity contribution >= 4 is 27.5 Å². The molecule has 0 aliphatic rings. The summed E-state index contributed by atoms with van der Waals surface area (Å²) in [6.07, 6.45) is 1.39. The minimum absolute atomic E-state index is 0.156. The first-order valence-electron chi connectivity index (χ1n) is 5.53. The summed E-state index contributed by atoms with van der Waals surface area (Å²) in [5.41, 5.74) is 0.433. The number of carbonyl (C=O) groups is 2. The molecule has 0 aliphatic carbocycles. The summed E-state index contributed by atoms with van der Waals surface area (Å²) in [6.45, 7) is 0. The van der Waals surface area contributed by atoms with E-state index in [1.807, 2.05) is 0 Å². The second-order valence-electron chi connectivity index (χ2n) is 3.80. The lowest BCUT2D eigenvalue weighted by atomic mass is 10.0. The van der Waals surface area contributed by atoms with Crippen LogP contribution in [0.1, 0.15) is 20.9 Å². The zero-order chi connectivity index (χ0) is 13.8. The molecule has 2 rings (SSSR count). The quantitative estimate of drug-likeness (QED) is 0.482. The van der Waals surface area contributed by atoms with Crippen molar-refractivity contribution in [2.75, 3.05) is 7.11 Å². The van der Waals surface area contributed by atoms with Gasteiger partial charge in [0.2, 0.25) is 5.78 Å². The van der Waals surface area contributed by atoms with Crippen molar-refractivity contribution in [2.45, 2.75) is 4.83 Å². The Hall–Kier alpha value is -1.88. The van der Waals surface area contributed by atoms with Crippen LogP contribution in [0, 0.1) is 0 Å². The molecule has 1 atom stereocenters. The first kappa shape index (κ1) is 13.5. The van der Waals surface area contributed by atoms with E-state index in [1.165, 1.54) is 12.3 Å². The molecule has 0 bridgehead atoms. The molecule has 5 heteroatoms. The predicted molar refractivity (Wildman–Crippen MR) is 73.1 cm³/mol. The van der Waals surface area contributed by atoms with Gasteiger partial charge in [-0.3, -0.25) is 9.59 Å². The van der Waals surface area contributed by atoms with E-state index in [-0.39, 0.29) is 11.5 Å². The summed E-state index contributed by atoms with van der Waals surface area (Å²) in [6, 6.07) is 9.70. The van der Waals surface area contributed by atoms with Crippen molar-refractivity contribution in [3.8, 4) is 5.75 Å². The molecule has 1 aromatic heterocycles. The zero-order valence-corrected chi connectivity index (χ0v) is 11.7. The summed E-state index contributed by atoms with van der Waals surface area (Å²) in [4.78, 5) is 23.1. The molecule has 0 saturated heterocycles. The zero-order valence-electron chi connectivity index (χ0n) is 10.1. The maximum absolute atomic E-state index is 12.1. The van der Waals surface area contributed by atoms with Gasteiger partial charge < -0.3 is 9.15 Å². The molecule has 0 aliphatic heterocycles. The van der Waals surface area contributed by atoms with Gasteiger partial charge in [0, 0.05) is 5.56 Å². The fourth-order valence-electron chi connectivity index (χ4n) is 1.56. The van der Waals surface area contributed by atoms with Gasteiger partial charge in [-0.15, -0.1) is 0 Å². The first-order chi connectivity index (χ1) is 9.13. The second kappa shape index (κ2) is 5.84. The van der Waals surface area contributed by atoms with Crippen LogP contribution < -0.4 is 4.74 Å². The van der Waals surface area contributed by atoms with E-state index in [2.05, 4.69) is 15.9 Å². The smallest absolute Gasteiger partial charge is 0.219 e. The SMILES string of the molecule is COc1ccc(C(=O)C(Br)C(=O)c2ccco2)cc1. The summed E-state index contributed by atoms with van der Waals surface area (Å²) in [5.74, 6) is 0.0960. The molecule has 0 radical (unpaired) electrons. The predicted octanol–water partition coefficient (Wildman–Crippen LogP) is 3.12. The average Bonchev–Trinajstić information content (AvgIpc) is 2.99. The molecule has 0 spiro atoms. The molecule has 19 heavy (non-hydrogen) atoms. The van der Waals surface area contributed by atoms with Crippen LogP contribution in [0.5, 0.6) is 5.75 Å². The van der Waals surface area contributed by atoms with Gasteiger partial charge in [0.05, 0.1) is 13.4 Å². The topological polar surface area (TPSA) is 56.5 Å². The molecule has 0 fully saturated rings. The minimum Gasteiger partial charge on any atom is -0.497 e. The van der Waals surface area contributed by atoms with Gasteiger partial charge in [-0.25, -0.2) is 0 Å². The number of ketones is 2. The number of ether oxygens (including phenoxy) is 1. The van der Waals surface area contributed by atoms with Crippen molar-refractivity contribution in [3.05, 3.63) is 54.0 Å². The molecule has 0 amide bonds. The van der Waals surface area contributed by atoms with E-state index < -0.39 is 10.6 Å². The Morgan fingerprint density at radius 1 is 1.16 bits per heavy atom.